The molecule has 2 rings (SSSR count). The summed E-state index contributed by atoms with van der Waals surface area (Å²) in [5.74, 6) is -0.165. The van der Waals surface area contributed by atoms with Crippen LogP contribution in [0, 0.1) is 5.92 Å². The number of carbonyl (C=O) groups excluding carboxylic acids is 3. The van der Waals surface area contributed by atoms with Gasteiger partial charge in [0.15, 0.2) is 0 Å². The molecular formula is C20H30N4O3. The summed E-state index contributed by atoms with van der Waals surface area (Å²) in [5, 5.41) is 5.71. The van der Waals surface area contributed by atoms with Gasteiger partial charge in [-0.3, -0.25) is 9.59 Å². The molecule has 0 radical (unpaired) electrons. The topological polar surface area (TPSA) is 81.8 Å². The van der Waals surface area contributed by atoms with Crippen LogP contribution in [0.25, 0.3) is 0 Å². The molecule has 1 aliphatic heterocycles. The van der Waals surface area contributed by atoms with Crippen molar-refractivity contribution in [3.8, 4) is 0 Å². The second kappa shape index (κ2) is 9.94. The lowest BCUT2D eigenvalue weighted by Gasteiger charge is -2.34. The zero-order valence-corrected chi connectivity index (χ0v) is 16.5. The summed E-state index contributed by atoms with van der Waals surface area (Å²) >= 11 is 0. The van der Waals surface area contributed by atoms with Crippen molar-refractivity contribution in [3.63, 3.8) is 0 Å². The molecule has 0 saturated carbocycles. The SMILES string of the molecule is CCN(CC)C(=O)N1CCC(C(=O)NCc2cccc(NC(C)=O)c2)CC1. The maximum atomic E-state index is 12.5. The predicted octanol–water partition coefficient (Wildman–Crippen LogP) is 2.44. The van der Waals surface area contributed by atoms with Gasteiger partial charge in [0.25, 0.3) is 0 Å². The molecule has 1 aromatic rings. The highest BCUT2D eigenvalue weighted by Crippen LogP contribution is 2.19. The van der Waals surface area contributed by atoms with E-state index in [-0.39, 0.29) is 23.8 Å². The van der Waals surface area contributed by atoms with Crippen molar-refractivity contribution >= 4 is 23.5 Å². The van der Waals surface area contributed by atoms with Crippen molar-refractivity contribution in [2.75, 3.05) is 31.5 Å². The number of rotatable bonds is 6. The summed E-state index contributed by atoms with van der Waals surface area (Å²) in [7, 11) is 0. The molecule has 7 heteroatoms. The summed E-state index contributed by atoms with van der Waals surface area (Å²) in [6.07, 6.45) is 1.37. The first-order valence-corrected chi connectivity index (χ1v) is 9.62. The number of carbonyl (C=O) groups is 3. The van der Waals surface area contributed by atoms with Crippen LogP contribution in [0.2, 0.25) is 0 Å². The minimum Gasteiger partial charge on any atom is -0.352 e. The maximum absolute atomic E-state index is 12.5. The van der Waals surface area contributed by atoms with Crippen LogP contribution < -0.4 is 10.6 Å². The molecule has 1 fully saturated rings. The monoisotopic (exact) mass is 374 g/mol. The van der Waals surface area contributed by atoms with Gasteiger partial charge in [0.2, 0.25) is 11.8 Å². The number of hydrogen-bond donors (Lipinski definition) is 2. The Hall–Kier alpha value is -2.57. The molecule has 0 atom stereocenters. The second-order valence-corrected chi connectivity index (χ2v) is 6.82. The smallest absolute Gasteiger partial charge is 0.319 e. The van der Waals surface area contributed by atoms with Crippen LogP contribution in [0.4, 0.5) is 10.5 Å². The minimum atomic E-state index is -0.123. The number of piperidine rings is 1. The van der Waals surface area contributed by atoms with Crippen molar-refractivity contribution in [1.29, 1.82) is 0 Å². The molecule has 4 amide bonds. The van der Waals surface area contributed by atoms with Gasteiger partial charge in [0, 0.05) is 51.3 Å². The lowest BCUT2D eigenvalue weighted by molar-refractivity contribution is -0.126. The minimum absolute atomic E-state index is 0.0230. The Labute approximate surface area is 161 Å². The van der Waals surface area contributed by atoms with Gasteiger partial charge in [-0.2, -0.15) is 0 Å². The Morgan fingerprint density at radius 1 is 1.15 bits per heavy atom. The molecular weight excluding hydrogens is 344 g/mol. The van der Waals surface area contributed by atoms with E-state index in [4.69, 9.17) is 0 Å². The van der Waals surface area contributed by atoms with Crippen LogP contribution in [0.15, 0.2) is 24.3 Å². The fraction of sp³-hybridized carbons (Fsp3) is 0.550. The molecule has 1 heterocycles. The Bertz CT molecular complexity index is 665. The van der Waals surface area contributed by atoms with Crippen molar-refractivity contribution in [2.45, 2.75) is 40.2 Å². The first kappa shape index (κ1) is 20.7. The molecule has 7 nitrogen and oxygen atoms in total. The fourth-order valence-corrected chi connectivity index (χ4v) is 3.32. The quantitative estimate of drug-likeness (QED) is 0.802. The molecule has 1 aromatic carbocycles. The Morgan fingerprint density at radius 2 is 1.81 bits per heavy atom. The number of anilines is 1. The molecule has 2 N–H and O–H groups in total. The zero-order chi connectivity index (χ0) is 19.8. The van der Waals surface area contributed by atoms with Crippen LogP contribution in [0.5, 0.6) is 0 Å². The normalized spacial score (nSPS) is 14.6. The number of benzene rings is 1. The summed E-state index contributed by atoms with van der Waals surface area (Å²) < 4.78 is 0. The number of likely N-dealkylation sites (tertiary alicyclic amines) is 1. The average Bonchev–Trinajstić information content (AvgIpc) is 2.67. The van der Waals surface area contributed by atoms with Gasteiger partial charge in [-0.25, -0.2) is 4.79 Å². The third-order valence-electron chi connectivity index (χ3n) is 4.88. The van der Waals surface area contributed by atoms with Gasteiger partial charge in [0.1, 0.15) is 0 Å². The second-order valence-electron chi connectivity index (χ2n) is 6.82. The van der Waals surface area contributed by atoms with Gasteiger partial charge in [-0.05, 0) is 44.4 Å². The Balaban J connectivity index is 1.81. The van der Waals surface area contributed by atoms with E-state index in [2.05, 4.69) is 10.6 Å². The van der Waals surface area contributed by atoms with E-state index in [0.717, 1.165) is 11.3 Å². The van der Waals surface area contributed by atoms with E-state index in [1.54, 1.807) is 0 Å². The van der Waals surface area contributed by atoms with Crippen molar-refractivity contribution in [2.24, 2.45) is 5.92 Å². The first-order valence-electron chi connectivity index (χ1n) is 9.62. The van der Waals surface area contributed by atoms with Gasteiger partial charge in [0.05, 0.1) is 0 Å². The molecule has 27 heavy (non-hydrogen) atoms. The highest BCUT2D eigenvalue weighted by molar-refractivity contribution is 5.88. The predicted molar refractivity (Wildman–Crippen MR) is 105 cm³/mol. The lowest BCUT2D eigenvalue weighted by Crippen LogP contribution is -2.48. The van der Waals surface area contributed by atoms with Crippen molar-refractivity contribution < 1.29 is 14.4 Å². The molecule has 1 saturated heterocycles. The van der Waals surface area contributed by atoms with E-state index in [1.807, 2.05) is 47.9 Å². The van der Waals surface area contributed by atoms with Crippen LogP contribution in [-0.4, -0.2) is 53.8 Å². The molecule has 0 aromatic heterocycles. The molecule has 148 valence electrons. The first-order chi connectivity index (χ1) is 12.9. The fourth-order valence-electron chi connectivity index (χ4n) is 3.32. The van der Waals surface area contributed by atoms with Gasteiger partial charge in [-0.15, -0.1) is 0 Å². The summed E-state index contributed by atoms with van der Waals surface area (Å²) in [5.41, 5.74) is 1.65. The van der Waals surface area contributed by atoms with E-state index >= 15 is 0 Å². The molecule has 1 aliphatic rings. The van der Waals surface area contributed by atoms with E-state index in [9.17, 15) is 14.4 Å². The maximum Gasteiger partial charge on any atom is 0.319 e. The zero-order valence-electron chi connectivity index (χ0n) is 16.5. The van der Waals surface area contributed by atoms with Crippen LogP contribution in [0.3, 0.4) is 0 Å². The number of amides is 4. The van der Waals surface area contributed by atoms with E-state index in [1.165, 1.54) is 6.92 Å². The highest BCUT2D eigenvalue weighted by atomic mass is 16.2. The Morgan fingerprint density at radius 3 is 2.41 bits per heavy atom. The van der Waals surface area contributed by atoms with Crippen molar-refractivity contribution in [3.05, 3.63) is 29.8 Å². The van der Waals surface area contributed by atoms with Gasteiger partial charge < -0.3 is 20.4 Å². The van der Waals surface area contributed by atoms with Crippen LogP contribution in [0.1, 0.15) is 39.2 Å². The standard InChI is InChI=1S/C20H30N4O3/c1-4-23(5-2)20(27)24-11-9-17(10-12-24)19(26)21-14-16-7-6-8-18(13-16)22-15(3)25/h6-8,13,17H,4-5,9-12,14H2,1-3H3,(H,21,26)(H,22,25). The summed E-state index contributed by atoms with van der Waals surface area (Å²) in [4.78, 5) is 39.6. The average molecular weight is 374 g/mol. The number of urea groups is 1. The third-order valence-corrected chi connectivity index (χ3v) is 4.88. The Kier molecular flexibility index (Phi) is 7.64. The van der Waals surface area contributed by atoms with Gasteiger partial charge in [-0.1, -0.05) is 12.1 Å². The number of hydrogen-bond acceptors (Lipinski definition) is 3. The molecule has 0 spiro atoms. The third kappa shape index (κ3) is 5.98. The van der Waals surface area contributed by atoms with Crippen LogP contribution >= 0.6 is 0 Å². The van der Waals surface area contributed by atoms with Crippen LogP contribution in [-0.2, 0) is 16.1 Å². The number of nitrogens with zero attached hydrogens (tertiary/aromatic N) is 2. The molecule has 0 bridgehead atoms. The van der Waals surface area contributed by atoms with Gasteiger partial charge >= 0.3 is 6.03 Å². The largest absolute Gasteiger partial charge is 0.352 e. The molecule has 0 aliphatic carbocycles. The summed E-state index contributed by atoms with van der Waals surface area (Å²) in [6.45, 7) is 8.47. The van der Waals surface area contributed by atoms with Crippen molar-refractivity contribution in [1.82, 2.24) is 15.1 Å². The summed E-state index contributed by atoms with van der Waals surface area (Å²) in [6, 6.07) is 7.50. The lowest BCUT2D eigenvalue weighted by atomic mass is 9.96. The van der Waals surface area contributed by atoms with E-state index in [0.29, 0.717) is 45.6 Å². The highest BCUT2D eigenvalue weighted by Gasteiger charge is 2.28. The molecule has 0 unspecified atom stereocenters. The number of nitrogens with one attached hydrogen (secondary N) is 2. The van der Waals surface area contributed by atoms with E-state index < -0.39 is 0 Å².